The van der Waals surface area contributed by atoms with E-state index in [1.807, 2.05) is 6.20 Å². The Morgan fingerprint density at radius 1 is 1.47 bits per heavy atom. The fraction of sp³-hybridized carbons (Fsp3) is 0.667. The second-order valence-electron chi connectivity index (χ2n) is 4.70. The van der Waals surface area contributed by atoms with Gasteiger partial charge in [-0.25, -0.2) is 9.97 Å². The third kappa shape index (κ3) is 2.75. The van der Waals surface area contributed by atoms with Gasteiger partial charge in [0.1, 0.15) is 6.33 Å². The molecule has 0 saturated carbocycles. The van der Waals surface area contributed by atoms with E-state index in [9.17, 15) is 0 Å². The summed E-state index contributed by atoms with van der Waals surface area (Å²) >= 11 is 0. The van der Waals surface area contributed by atoms with Crippen LogP contribution < -0.4 is 0 Å². The molecule has 0 atom stereocenters. The second-order valence-corrected chi connectivity index (χ2v) is 4.70. The molecule has 0 saturated heterocycles. The molecule has 1 aromatic rings. The SMILES string of the molecule is CC(C)CCN1CCc2ncncc2C1. The number of nitrogens with zero attached hydrogens (tertiary/aromatic N) is 3. The molecule has 1 aliphatic heterocycles. The summed E-state index contributed by atoms with van der Waals surface area (Å²) in [5.41, 5.74) is 2.55. The molecular weight excluding hydrogens is 186 g/mol. The van der Waals surface area contributed by atoms with Crippen molar-refractivity contribution in [1.82, 2.24) is 14.9 Å². The lowest BCUT2D eigenvalue weighted by atomic mass is 10.1. The molecule has 1 aromatic heterocycles. The lowest BCUT2D eigenvalue weighted by Gasteiger charge is -2.28. The molecule has 0 unspecified atom stereocenters. The Balaban J connectivity index is 1.94. The third-order valence-corrected chi connectivity index (χ3v) is 2.96. The first-order valence-electron chi connectivity index (χ1n) is 5.76. The maximum absolute atomic E-state index is 4.31. The van der Waals surface area contributed by atoms with Crippen molar-refractivity contribution in [3.63, 3.8) is 0 Å². The normalized spacial score (nSPS) is 16.7. The van der Waals surface area contributed by atoms with Crippen molar-refractivity contribution in [1.29, 1.82) is 0 Å². The van der Waals surface area contributed by atoms with E-state index in [2.05, 4.69) is 28.7 Å². The molecule has 0 N–H and O–H groups in total. The minimum absolute atomic E-state index is 0.790. The standard InChI is InChI=1S/C12H19N3/c1-10(2)3-5-15-6-4-12-11(8-15)7-13-9-14-12/h7,9-10H,3-6,8H2,1-2H3. The van der Waals surface area contributed by atoms with Gasteiger partial charge in [-0.2, -0.15) is 0 Å². The van der Waals surface area contributed by atoms with E-state index in [4.69, 9.17) is 0 Å². The van der Waals surface area contributed by atoms with Gasteiger partial charge >= 0.3 is 0 Å². The number of hydrogen-bond donors (Lipinski definition) is 0. The molecule has 3 nitrogen and oxygen atoms in total. The van der Waals surface area contributed by atoms with Gasteiger partial charge in [0.05, 0.1) is 0 Å². The van der Waals surface area contributed by atoms with Crippen LogP contribution in [0.2, 0.25) is 0 Å². The van der Waals surface area contributed by atoms with Crippen LogP contribution in [-0.4, -0.2) is 28.0 Å². The van der Waals surface area contributed by atoms with Crippen molar-refractivity contribution in [3.8, 4) is 0 Å². The first-order valence-corrected chi connectivity index (χ1v) is 5.76. The Morgan fingerprint density at radius 3 is 3.13 bits per heavy atom. The van der Waals surface area contributed by atoms with E-state index in [0.29, 0.717) is 0 Å². The van der Waals surface area contributed by atoms with E-state index < -0.39 is 0 Å². The van der Waals surface area contributed by atoms with E-state index in [-0.39, 0.29) is 0 Å². The van der Waals surface area contributed by atoms with Gasteiger partial charge in [-0.3, -0.25) is 4.90 Å². The molecular formula is C12H19N3. The summed E-state index contributed by atoms with van der Waals surface area (Å²) in [5.74, 6) is 0.790. The Kier molecular flexibility index (Phi) is 3.31. The van der Waals surface area contributed by atoms with Crippen molar-refractivity contribution < 1.29 is 0 Å². The molecule has 15 heavy (non-hydrogen) atoms. The molecule has 2 rings (SSSR count). The molecule has 0 aromatic carbocycles. The van der Waals surface area contributed by atoms with Crippen molar-refractivity contribution in [3.05, 3.63) is 23.8 Å². The summed E-state index contributed by atoms with van der Waals surface area (Å²) in [6.07, 6.45) is 5.98. The summed E-state index contributed by atoms with van der Waals surface area (Å²) in [4.78, 5) is 10.9. The zero-order chi connectivity index (χ0) is 10.7. The van der Waals surface area contributed by atoms with Crippen LogP contribution in [0.3, 0.4) is 0 Å². The Bertz CT molecular complexity index is 322. The molecule has 1 aliphatic rings. The molecule has 82 valence electrons. The highest BCUT2D eigenvalue weighted by Gasteiger charge is 2.16. The number of hydrogen-bond acceptors (Lipinski definition) is 3. The quantitative estimate of drug-likeness (QED) is 0.754. The number of fused-ring (bicyclic) bond motifs is 1. The van der Waals surface area contributed by atoms with E-state index in [1.165, 1.54) is 24.2 Å². The average molecular weight is 205 g/mol. The molecule has 0 fully saturated rings. The topological polar surface area (TPSA) is 29.0 Å². The predicted octanol–water partition coefficient (Wildman–Crippen LogP) is 1.88. The van der Waals surface area contributed by atoms with Gasteiger partial charge in [0.25, 0.3) is 0 Å². The summed E-state index contributed by atoms with van der Waals surface area (Å²) in [7, 11) is 0. The largest absolute Gasteiger partial charge is 0.299 e. The summed E-state index contributed by atoms with van der Waals surface area (Å²) < 4.78 is 0. The Hall–Kier alpha value is -0.960. The van der Waals surface area contributed by atoms with Crippen molar-refractivity contribution in [2.24, 2.45) is 5.92 Å². The summed E-state index contributed by atoms with van der Waals surface area (Å²) in [6.45, 7) is 7.94. The highest BCUT2D eigenvalue weighted by Crippen LogP contribution is 2.16. The maximum atomic E-state index is 4.31. The maximum Gasteiger partial charge on any atom is 0.115 e. The minimum Gasteiger partial charge on any atom is -0.299 e. The molecule has 0 bridgehead atoms. The fourth-order valence-corrected chi connectivity index (χ4v) is 1.96. The highest BCUT2D eigenvalue weighted by atomic mass is 15.1. The van der Waals surface area contributed by atoms with Crippen molar-refractivity contribution in [2.45, 2.75) is 33.2 Å². The van der Waals surface area contributed by atoms with Gasteiger partial charge in [0.2, 0.25) is 0 Å². The van der Waals surface area contributed by atoms with Crippen LogP contribution in [0.25, 0.3) is 0 Å². The van der Waals surface area contributed by atoms with Crippen LogP contribution in [0.1, 0.15) is 31.5 Å². The van der Waals surface area contributed by atoms with Gasteiger partial charge in [-0.15, -0.1) is 0 Å². The van der Waals surface area contributed by atoms with Crippen LogP contribution >= 0.6 is 0 Å². The minimum atomic E-state index is 0.790. The second kappa shape index (κ2) is 4.71. The van der Waals surface area contributed by atoms with Gasteiger partial charge < -0.3 is 0 Å². The van der Waals surface area contributed by atoms with Crippen LogP contribution in [0, 0.1) is 5.92 Å². The first kappa shape index (κ1) is 10.6. The number of rotatable bonds is 3. The van der Waals surface area contributed by atoms with Gasteiger partial charge in [-0.1, -0.05) is 13.8 Å². The summed E-state index contributed by atoms with van der Waals surface area (Å²) in [5, 5.41) is 0. The van der Waals surface area contributed by atoms with Gasteiger partial charge in [0, 0.05) is 37.0 Å². The van der Waals surface area contributed by atoms with Crippen LogP contribution in [0.4, 0.5) is 0 Å². The Morgan fingerprint density at radius 2 is 2.33 bits per heavy atom. The van der Waals surface area contributed by atoms with Crippen LogP contribution in [-0.2, 0) is 13.0 Å². The predicted molar refractivity (Wildman–Crippen MR) is 60.5 cm³/mol. The van der Waals surface area contributed by atoms with Gasteiger partial charge in [0.15, 0.2) is 0 Å². The van der Waals surface area contributed by atoms with Gasteiger partial charge in [-0.05, 0) is 18.9 Å². The van der Waals surface area contributed by atoms with Crippen LogP contribution in [0.15, 0.2) is 12.5 Å². The zero-order valence-electron chi connectivity index (χ0n) is 9.61. The number of aromatic nitrogens is 2. The first-order chi connectivity index (χ1) is 7.25. The van der Waals surface area contributed by atoms with Crippen LogP contribution in [0.5, 0.6) is 0 Å². The van der Waals surface area contributed by atoms with E-state index >= 15 is 0 Å². The van der Waals surface area contributed by atoms with Crippen molar-refractivity contribution >= 4 is 0 Å². The zero-order valence-corrected chi connectivity index (χ0v) is 9.61. The highest BCUT2D eigenvalue weighted by molar-refractivity contribution is 5.18. The molecule has 0 aliphatic carbocycles. The lowest BCUT2D eigenvalue weighted by Crippen LogP contribution is -2.32. The molecule has 2 heterocycles. The summed E-state index contributed by atoms with van der Waals surface area (Å²) in [6, 6.07) is 0. The molecule has 0 radical (unpaired) electrons. The average Bonchev–Trinajstić information content (AvgIpc) is 2.26. The Labute approximate surface area is 91.5 Å². The molecule has 0 amide bonds. The van der Waals surface area contributed by atoms with Crippen molar-refractivity contribution in [2.75, 3.05) is 13.1 Å². The monoisotopic (exact) mass is 205 g/mol. The van der Waals surface area contributed by atoms with E-state index in [0.717, 1.165) is 25.4 Å². The lowest BCUT2D eigenvalue weighted by molar-refractivity contribution is 0.237. The van der Waals surface area contributed by atoms with E-state index in [1.54, 1.807) is 6.33 Å². The fourth-order valence-electron chi connectivity index (χ4n) is 1.96. The third-order valence-electron chi connectivity index (χ3n) is 2.96. The molecule has 3 heteroatoms. The molecule has 0 spiro atoms. The smallest absolute Gasteiger partial charge is 0.115 e.